The molecule has 0 fully saturated rings. The Morgan fingerprint density at radius 2 is 1.45 bits per heavy atom. The maximum atomic E-state index is 13.5. The highest BCUT2D eigenvalue weighted by Gasteiger charge is 2.31. The minimum atomic E-state index is -3.67. The molecule has 1 aromatic heterocycles. The Morgan fingerprint density at radius 3 is 2.23 bits per heavy atom. The first-order valence-electron chi connectivity index (χ1n) is 9.94. The van der Waals surface area contributed by atoms with Gasteiger partial charge in [-0.05, 0) is 82.8 Å². The number of pyridine rings is 1. The first-order valence-corrected chi connectivity index (χ1v) is 11.8. The van der Waals surface area contributed by atoms with Crippen LogP contribution in [0.1, 0.15) is 5.56 Å². The number of nitrogens with zero attached hydrogens (tertiary/aromatic N) is 2. The highest BCUT2D eigenvalue weighted by atomic mass is 35.5. The zero-order valence-electron chi connectivity index (χ0n) is 16.6. The van der Waals surface area contributed by atoms with Gasteiger partial charge >= 0.3 is 0 Å². The first-order chi connectivity index (χ1) is 15.0. The lowest BCUT2D eigenvalue weighted by atomic mass is 10.0. The largest absolute Gasteiger partial charge is 0.266 e. The number of anilines is 1. The van der Waals surface area contributed by atoms with Crippen molar-refractivity contribution in [2.75, 3.05) is 10.8 Å². The zero-order chi connectivity index (χ0) is 21.4. The molecule has 0 amide bonds. The van der Waals surface area contributed by atoms with E-state index in [1.165, 1.54) is 4.31 Å². The van der Waals surface area contributed by atoms with E-state index in [0.29, 0.717) is 18.0 Å². The van der Waals surface area contributed by atoms with Gasteiger partial charge in [0.05, 0.1) is 10.6 Å². The molecule has 0 N–H and O–H groups in total. The van der Waals surface area contributed by atoms with Crippen LogP contribution in [0.3, 0.4) is 0 Å². The van der Waals surface area contributed by atoms with Crippen LogP contribution in [0.4, 0.5) is 5.69 Å². The third-order valence-electron chi connectivity index (χ3n) is 5.55. The van der Waals surface area contributed by atoms with Crippen LogP contribution in [0.25, 0.3) is 22.3 Å². The molecule has 4 nitrogen and oxygen atoms in total. The molecule has 0 aliphatic carbocycles. The van der Waals surface area contributed by atoms with Crippen molar-refractivity contribution in [3.8, 4) is 22.3 Å². The lowest BCUT2D eigenvalue weighted by molar-refractivity contribution is 0.592. The Balaban J connectivity index is 1.49. The van der Waals surface area contributed by atoms with Crippen molar-refractivity contribution in [1.29, 1.82) is 0 Å². The molecule has 6 heteroatoms. The molecule has 0 unspecified atom stereocenters. The molecule has 154 valence electrons. The van der Waals surface area contributed by atoms with Gasteiger partial charge in [0.25, 0.3) is 10.0 Å². The molecule has 0 saturated heterocycles. The van der Waals surface area contributed by atoms with E-state index in [1.54, 1.807) is 42.7 Å². The van der Waals surface area contributed by atoms with Crippen LogP contribution >= 0.6 is 11.6 Å². The van der Waals surface area contributed by atoms with Crippen LogP contribution < -0.4 is 4.31 Å². The number of aromatic nitrogens is 1. The molecule has 1 aliphatic rings. The minimum absolute atomic E-state index is 0.283. The summed E-state index contributed by atoms with van der Waals surface area (Å²) in [5.41, 5.74) is 5.66. The van der Waals surface area contributed by atoms with Gasteiger partial charge in [-0.2, -0.15) is 0 Å². The van der Waals surface area contributed by atoms with E-state index in [4.69, 9.17) is 11.6 Å². The standard InChI is InChI=1S/C25H19ClN2O2S/c26-23-7-4-18(5-8-23)20-2-1-3-24(17-20)31(29,30)28-15-12-22-16-21(6-9-25(22)28)19-10-13-27-14-11-19/h1-11,13-14,16-17H,12,15H2. The predicted octanol–water partition coefficient (Wildman–Crippen LogP) is 5.82. The molecule has 0 radical (unpaired) electrons. The van der Waals surface area contributed by atoms with Gasteiger partial charge in [0.2, 0.25) is 0 Å². The lowest BCUT2D eigenvalue weighted by Gasteiger charge is -2.20. The van der Waals surface area contributed by atoms with E-state index in [9.17, 15) is 8.42 Å². The summed E-state index contributed by atoms with van der Waals surface area (Å²) in [6.07, 6.45) is 4.20. The zero-order valence-corrected chi connectivity index (χ0v) is 18.1. The van der Waals surface area contributed by atoms with Crippen LogP contribution in [0, 0.1) is 0 Å². The van der Waals surface area contributed by atoms with Crippen LogP contribution in [0.2, 0.25) is 5.02 Å². The lowest BCUT2D eigenvalue weighted by Crippen LogP contribution is -2.29. The fourth-order valence-electron chi connectivity index (χ4n) is 3.95. The normalized spacial score (nSPS) is 13.3. The van der Waals surface area contributed by atoms with Gasteiger partial charge < -0.3 is 0 Å². The molecule has 2 heterocycles. The number of benzene rings is 3. The van der Waals surface area contributed by atoms with Crippen molar-refractivity contribution in [1.82, 2.24) is 4.98 Å². The molecule has 31 heavy (non-hydrogen) atoms. The number of hydrogen-bond donors (Lipinski definition) is 0. The minimum Gasteiger partial charge on any atom is -0.266 e. The van der Waals surface area contributed by atoms with Gasteiger partial charge in [-0.15, -0.1) is 0 Å². The smallest absolute Gasteiger partial charge is 0.264 e. The highest BCUT2D eigenvalue weighted by Crippen LogP contribution is 2.36. The third-order valence-corrected chi connectivity index (χ3v) is 7.61. The number of hydrogen-bond acceptors (Lipinski definition) is 3. The molecular formula is C25H19ClN2O2S. The molecule has 1 aliphatic heterocycles. The van der Waals surface area contributed by atoms with Crippen molar-refractivity contribution >= 4 is 27.3 Å². The average molecular weight is 447 g/mol. The summed E-state index contributed by atoms with van der Waals surface area (Å²) in [5.74, 6) is 0. The van der Waals surface area contributed by atoms with E-state index in [1.807, 2.05) is 42.5 Å². The van der Waals surface area contributed by atoms with Crippen molar-refractivity contribution in [3.63, 3.8) is 0 Å². The predicted molar refractivity (Wildman–Crippen MR) is 125 cm³/mol. The van der Waals surface area contributed by atoms with Crippen LogP contribution in [-0.2, 0) is 16.4 Å². The Bertz CT molecular complexity index is 1350. The van der Waals surface area contributed by atoms with Crippen LogP contribution in [-0.4, -0.2) is 19.9 Å². The van der Waals surface area contributed by atoms with Crippen LogP contribution in [0.5, 0.6) is 0 Å². The van der Waals surface area contributed by atoms with Gasteiger partial charge in [0, 0.05) is 24.0 Å². The maximum Gasteiger partial charge on any atom is 0.264 e. The molecule has 0 bridgehead atoms. The first kappa shape index (κ1) is 19.8. The Hall–Kier alpha value is -3.15. The molecule has 0 spiro atoms. The van der Waals surface area contributed by atoms with Gasteiger partial charge in [-0.25, -0.2) is 8.42 Å². The van der Waals surface area contributed by atoms with E-state index in [2.05, 4.69) is 11.1 Å². The number of sulfonamides is 1. The summed E-state index contributed by atoms with van der Waals surface area (Å²) in [6.45, 7) is 0.433. The summed E-state index contributed by atoms with van der Waals surface area (Å²) in [4.78, 5) is 4.34. The van der Waals surface area contributed by atoms with Crippen molar-refractivity contribution in [2.24, 2.45) is 0 Å². The fourth-order valence-corrected chi connectivity index (χ4v) is 5.63. The van der Waals surface area contributed by atoms with E-state index in [0.717, 1.165) is 33.5 Å². The second kappa shape index (κ2) is 7.84. The molecule has 4 aromatic rings. The van der Waals surface area contributed by atoms with E-state index < -0.39 is 10.0 Å². The van der Waals surface area contributed by atoms with Gasteiger partial charge in [0.15, 0.2) is 0 Å². The van der Waals surface area contributed by atoms with Gasteiger partial charge in [-0.3, -0.25) is 9.29 Å². The monoisotopic (exact) mass is 446 g/mol. The fraction of sp³-hybridized carbons (Fsp3) is 0.0800. The SMILES string of the molecule is O=S(=O)(c1cccc(-c2ccc(Cl)cc2)c1)N1CCc2cc(-c3ccncc3)ccc21. The summed E-state index contributed by atoms with van der Waals surface area (Å²) in [6, 6.07) is 24.3. The average Bonchev–Trinajstić information content (AvgIpc) is 3.24. The van der Waals surface area contributed by atoms with Crippen molar-refractivity contribution in [3.05, 3.63) is 102 Å². The Kier molecular flexibility index (Phi) is 5.00. The molecule has 3 aromatic carbocycles. The quantitative estimate of drug-likeness (QED) is 0.397. The summed E-state index contributed by atoms with van der Waals surface area (Å²) in [7, 11) is -3.67. The van der Waals surface area contributed by atoms with Gasteiger partial charge in [0.1, 0.15) is 0 Å². The summed E-state index contributed by atoms with van der Waals surface area (Å²) >= 11 is 5.98. The summed E-state index contributed by atoms with van der Waals surface area (Å²) in [5, 5.41) is 0.646. The Labute approximate surface area is 186 Å². The number of rotatable bonds is 4. The number of fused-ring (bicyclic) bond motifs is 1. The topological polar surface area (TPSA) is 50.3 Å². The van der Waals surface area contributed by atoms with Gasteiger partial charge in [-0.1, -0.05) is 41.9 Å². The maximum absolute atomic E-state index is 13.5. The second-order valence-corrected chi connectivity index (χ2v) is 9.74. The second-order valence-electron chi connectivity index (χ2n) is 7.44. The Morgan fingerprint density at radius 1 is 0.774 bits per heavy atom. The number of halogens is 1. The van der Waals surface area contributed by atoms with Crippen molar-refractivity contribution < 1.29 is 8.42 Å². The van der Waals surface area contributed by atoms with Crippen LogP contribution in [0.15, 0.2) is 96.2 Å². The third kappa shape index (κ3) is 3.71. The van der Waals surface area contributed by atoms with Crippen molar-refractivity contribution in [2.45, 2.75) is 11.3 Å². The highest BCUT2D eigenvalue weighted by molar-refractivity contribution is 7.92. The molecular weight excluding hydrogens is 428 g/mol. The molecule has 5 rings (SSSR count). The van der Waals surface area contributed by atoms with E-state index in [-0.39, 0.29) is 4.90 Å². The summed E-state index contributed by atoms with van der Waals surface area (Å²) < 4.78 is 28.5. The van der Waals surface area contributed by atoms with E-state index >= 15 is 0 Å². The molecule has 0 atom stereocenters. The molecule has 0 saturated carbocycles.